The number of benzene rings is 1. The van der Waals surface area contributed by atoms with Crippen molar-refractivity contribution in [1.29, 1.82) is 0 Å². The summed E-state index contributed by atoms with van der Waals surface area (Å²) in [5.74, 6) is 0.576. The maximum atomic E-state index is 9.42. The third-order valence-corrected chi connectivity index (χ3v) is 2.57. The van der Waals surface area contributed by atoms with E-state index in [2.05, 4.69) is 13.0 Å². The van der Waals surface area contributed by atoms with Crippen molar-refractivity contribution in [3.05, 3.63) is 41.5 Å². The lowest BCUT2D eigenvalue weighted by molar-refractivity contribution is 0.275. The van der Waals surface area contributed by atoms with Crippen molar-refractivity contribution in [3.63, 3.8) is 0 Å². The number of hydrogen-bond acceptors (Lipinski definition) is 2. The van der Waals surface area contributed by atoms with Crippen molar-refractivity contribution < 1.29 is 10.2 Å². The summed E-state index contributed by atoms with van der Waals surface area (Å²) in [5.41, 5.74) is 1.75. The first-order valence-corrected chi connectivity index (χ1v) is 5.22. The Bertz CT molecular complexity index is 342. The van der Waals surface area contributed by atoms with Crippen LogP contribution in [0.25, 0.3) is 0 Å². The largest absolute Gasteiger partial charge is 0.508 e. The standard InChI is InChI=1S/C13H18O2/c1-3-4-5-10(2)11-6-7-13(15)12(8-11)9-14/h3-4,6-8,10,14-15H,5,9H2,1-2H3/b4-3-. The summed E-state index contributed by atoms with van der Waals surface area (Å²) in [6.07, 6.45) is 5.13. The summed E-state index contributed by atoms with van der Waals surface area (Å²) < 4.78 is 0. The Balaban J connectivity index is 2.85. The van der Waals surface area contributed by atoms with Gasteiger partial charge < -0.3 is 10.2 Å². The van der Waals surface area contributed by atoms with Gasteiger partial charge in [0.05, 0.1) is 6.61 Å². The third kappa shape index (κ3) is 3.10. The lowest BCUT2D eigenvalue weighted by Crippen LogP contribution is -1.94. The molecule has 2 nitrogen and oxygen atoms in total. The summed E-state index contributed by atoms with van der Waals surface area (Å²) >= 11 is 0. The molecule has 0 aromatic heterocycles. The zero-order valence-corrected chi connectivity index (χ0v) is 9.27. The molecule has 1 atom stereocenters. The van der Waals surface area contributed by atoms with Gasteiger partial charge >= 0.3 is 0 Å². The van der Waals surface area contributed by atoms with Gasteiger partial charge in [0.2, 0.25) is 0 Å². The molecule has 2 heteroatoms. The molecule has 0 amide bonds. The average Bonchev–Trinajstić information content (AvgIpc) is 2.26. The molecule has 0 bridgehead atoms. The van der Waals surface area contributed by atoms with E-state index in [1.807, 2.05) is 25.1 Å². The minimum absolute atomic E-state index is 0.115. The highest BCUT2D eigenvalue weighted by molar-refractivity contribution is 5.37. The fourth-order valence-electron chi connectivity index (χ4n) is 1.51. The van der Waals surface area contributed by atoms with Crippen LogP contribution >= 0.6 is 0 Å². The van der Waals surface area contributed by atoms with E-state index in [4.69, 9.17) is 5.11 Å². The number of aromatic hydroxyl groups is 1. The number of aliphatic hydroxyl groups is 1. The summed E-state index contributed by atoms with van der Waals surface area (Å²) in [6, 6.07) is 5.42. The first-order chi connectivity index (χ1) is 7.19. The zero-order chi connectivity index (χ0) is 11.3. The minimum atomic E-state index is -0.115. The fraction of sp³-hybridized carbons (Fsp3) is 0.385. The normalized spacial score (nSPS) is 13.3. The van der Waals surface area contributed by atoms with Crippen LogP contribution in [0.5, 0.6) is 5.75 Å². The van der Waals surface area contributed by atoms with E-state index in [0.29, 0.717) is 11.5 Å². The molecule has 2 N–H and O–H groups in total. The molecule has 0 fully saturated rings. The van der Waals surface area contributed by atoms with Crippen LogP contribution in [0, 0.1) is 0 Å². The summed E-state index contributed by atoms with van der Waals surface area (Å²) in [4.78, 5) is 0. The summed E-state index contributed by atoms with van der Waals surface area (Å²) in [5, 5.41) is 18.4. The van der Waals surface area contributed by atoms with Gasteiger partial charge in [-0.05, 0) is 37.0 Å². The van der Waals surface area contributed by atoms with Gasteiger partial charge in [0.15, 0.2) is 0 Å². The van der Waals surface area contributed by atoms with Crippen LogP contribution in [0.2, 0.25) is 0 Å². The Labute approximate surface area is 90.9 Å². The summed E-state index contributed by atoms with van der Waals surface area (Å²) in [7, 11) is 0. The van der Waals surface area contributed by atoms with Crippen molar-refractivity contribution in [2.24, 2.45) is 0 Å². The van der Waals surface area contributed by atoms with Crippen LogP contribution in [0.3, 0.4) is 0 Å². The number of phenols is 1. The maximum Gasteiger partial charge on any atom is 0.121 e. The molecule has 0 spiro atoms. The molecule has 0 saturated heterocycles. The molecule has 0 aliphatic rings. The zero-order valence-electron chi connectivity index (χ0n) is 9.27. The van der Waals surface area contributed by atoms with Gasteiger partial charge in [-0.25, -0.2) is 0 Å². The molecule has 1 unspecified atom stereocenters. The highest BCUT2D eigenvalue weighted by atomic mass is 16.3. The van der Waals surface area contributed by atoms with Crippen LogP contribution in [0.15, 0.2) is 30.4 Å². The smallest absolute Gasteiger partial charge is 0.121 e. The lowest BCUT2D eigenvalue weighted by Gasteiger charge is -2.11. The van der Waals surface area contributed by atoms with E-state index in [9.17, 15) is 5.11 Å². The van der Waals surface area contributed by atoms with E-state index in [1.54, 1.807) is 6.07 Å². The van der Waals surface area contributed by atoms with Crippen molar-refractivity contribution >= 4 is 0 Å². The number of aliphatic hydroxyl groups excluding tert-OH is 1. The van der Waals surface area contributed by atoms with E-state index in [-0.39, 0.29) is 12.4 Å². The lowest BCUT2D eigenvalue weighted by atomic mass is 9.96. The molecule has 0 heterocycles. The fourth-order valence-corrected chi connectivity index (χ4v) is 1.51. The van der Waals surface area contributed by atoms with Gasteiger partial charge in [0.1, 0.15) is 5.75 Å². The molecule has 0 saturated carbocycles. The molecule has 15 heavy (non-hydrogen) atoms. The van der Waals surface area contributed by atoms with Crippen LogP contribution in [-0.2, 0) is 6.61 Å². The van der Waals surface area contributed by atoms with Crippen molar-refractivity contribution in [1.82, 2.24) is 0 Å². The molecular weight excluding hydrogens is 188 g/mol. The second-order valence-electron chi connectivity index (χ2n) is 3.75. The Hall–Kier alpha value is -1.28. The van der Waals surface area contributed by atoms with Crippen LogP contribution in [0.4, 0.5) is 0 Å². The molecular formula is C13H18O2. The van der Waals surface area contributed by atoms with E-state index in [1.165, 1.54) is 0 Å². The Morgan fingerprint density at radius 2 is 2.13 bits per heavy atom. The second kappa shape index (κ2) is 5.56. The molecule has 0 aliphatic heterocycles. The Morgan fingerprint density at radius 3 is 2.73 bits per heavy atom. The van der Waals surface area contributed by atoms with Gasteiger partial charge in [0, 0.05) is 5.56 Å². The first kappa shape index (κ1) is 11.8. The second-order valence-corrected chi connectivity index (χ2v) is 3.75. The Kier molecular flexibility index (Phi) is 4.37. The molecule has 1 rings (SSSR count). The van der Waals surface area contributed by atoms with Crippen LogP contribution in [-0.4, -0.2) is 10.2 Å². The molecule has 1 aromatic rings. The quantitative estimate of drug-likeness (QED) is 0.743. The van der Waals surface area contributed by atoms with E-state index >= 15 is 0 Å². The van der Waals surface area contributed by atoms with E-state index in [0.717, 1.165) is 12.0 Å². The Morgan fingerprint density at radius 1 is 1.40 bits per heavy atom. The molecule has 1 aromatic carbocycles. The minimum Gasteiger partial charge on any atom is -0.508 e. The number of rotatable bonds is 4. The van der Waals surface area contributed by atoms with Crippen molar-refractivity contribution in [3.8, 4) is 5.75 Å². The molecule has 0 radical (unpaired) electrons. The third-order valence-electron chi connectivity index (χ3n) is 2.57. The monoisotopic (exact) mass is 206 g/mol. The topological polar surface area (TPSA) is 40.5 Å². The van der Waals surface area contributed by atoms with Crippen molar-refractivity contribution in [2.75, 3.05) is 0 Å². The SMILES string of the molecule is C/C=C\CC(C)c1ccc(O)c(CO)c1. The van der Waals surface area contributed by atoms with Crippen molar-refractivity contribution in [2.45, 2.75) is 32.8 Å². The molecule has 82 valence electrons. The highest BCUT2D eigenvalue weighted by Crippen LogP contribution is 2.25. The number of hydrogen-bond donors (Lipinski definition) is 2. The predicted octanol–water partition coefficient (Wildman–Crippen LogP) is 2.95. The van der Waals surface area contributed by atoms with Gasteiger partial charge in [-0.1, -0.05) is 25.1 Å². The summed E-state index contributed by atoms with van der Waals surface area (Å²) in [6.45, 7) is 4.02. The number of allylic oxidation sites excluding steroid dienone is 2. The molecule has 0 aliphatic carbocycles. The van der Waals surface area contributed by atoms with Gasteiger partial charge in [-0.2, -0.15) is 0 Å². The maximum absolute atomic E-state index is 9.42. The van der Waals surface area contributed by atoms with Gasteiger partial charge in [-0.15, -0.1) is 0 Å². The van der Waals surface area contributed by atoms with Gasteiger partial charge in [0.25, 0.3) is 0 Å². The van der Waals surface area contributed by atoms with Gasteiger partial charge in [-0.3, -0.25) is 0 Å². The van der Waals surface area contributed by atoms with E-state index < -0.39 is 0 Å². The predicted molar refractivity (Wildman–Crippen MR) is 61.9 cm³/mol. The average molecular weight is 206 g/mol. The van der Waals surface area contributed by atoms with Crippen LogP contribution in [0.1, 0.15) is 37.3 Å². The highest BCUT2D eigenvalue weighted by Gasteiger charge is 2.06. The first-order valence-electron chi connectivity index (χ1n) is 5.22. The van der Waals surface area contributed by atoms with Crippen LogP contribution < -0.4 is 0 Å².